The number of hydrogen-bond acceptors (Lipinski definition) is 6. The lowest BCUT2D eigenvalue weighted by molar-refractivity contribution is 0.0953. The van der Waals surface area contributed by atoms with E-state index in [1.807, 2.05) is 18.2 Å². The van der Waals surface area contributed by atoms with Crippen molar-refractivity contribution in [3.05, 3.63) is 54.2 Å². The monoisotopic (exact) mass is 418 g/mol. The van der Waals surface area contributed by atoms with Gasteiger partial charge in [-0.15, -0.1) is 0 Å². The van der Waals surface area contributed by atoms with Gasteiger partial charge < -0.3 is 15.0 Å². The first-order chi connectivity index (χ1) is 14.0. The molecule has 0 aliphatic carbocycles. The van der Waals surface area contributed by atoms with E-state index in [2.05, 4.69) is 15.2 Å². The van der Waals surface area contributed by atoms with Gasteiger partial charge in [0.2, 0.25) is 10.0 Å². The number of benzene rings is 1. The quantitative estimate of drug-likeness (QED) is 0.651. The molecule has 9 heteroatoms. The van der Waals surface area contributed by atoms with Crippen molar-refractivity contribution in [1.29, 1.82) is 0 Å². The molecule has 1 aromatic heterocycles. The second kappa shape index (κ2) is 9.71. The summed E-state index contributed by atoms with van der Waals surface area (Å²) in [6.07, 6.45) is 2.09. The number of ether oxygens (including phenoxy) is 1. The number of rotatable bonds is 8. The van der Waals surface area contributed by atoms with Gasteiger partial charge in [-0.05, 0) is 36.8 Å². The number of aromatic nitrogens is 1. The molecule has 1 N–H and O–H groups in total. The van der Waals surface area contributed by atoms with Crippen molar-refractivity contribution in [2.45, 2.75) is 6.42 Å². The molecule has 0 spiro atoms. The van der Waals surface area contributed by atoms with Crippen LogP contribution in [0.5, 0.6) is 5.75 Å². The first kappa shape index (κ1) is 21.1. The summed E-state index contributed by atoms with van der Waals surface area (Å²) in [4.78, 5) is 18.6. The van der Waals surface area contributed by atoms with Gasteiger partial charge in [-0.25, -0.2) is 13.4 Å². The molecule has 0 bridgehead atoms. The van der Waals surface area contributed by atoms with Crippen LogP contribution in [0.4, 0.5) is 5.82 Å². The van der Waals surface area contributed by atoms with Crippen molar-refractivity contribution in [2.75, 3.05) is 50.5 Å². The maximum atomic E-state index is 12.6. The van der Waals surface area contributed by atoms with Crippen LogP contribution in [0.15, 0.2) is 48.7 Å². The first-order valence-electron chi connectivity index (χ1n) is 9.55. The van der Waals surface area contributed by atoms with Gasteiger partial charge in [-0.1, -0.05) is 12.1 Å². The zero-order valence-electron chi connectivity index (χ0n) is 16.5. The first-order valence-corrected chi connectivity index (χ1v) is 11.2. The van der Waals surface area contributed by atoms with Crippen LogP contribution in [0.25, 0.3) is 0 Å². The molecule has 29 heavy (non-hydrogen) atoms. The highest BCUT2D eigenvalue weighted by atomic mass is 32.2. The molecule has 2 heterocycles. The summed E-state index contributed by atoms with van der Waals surface area (Å²) < 4.78 is 31.8. The highest BCUT2D eigenvalue weighted by Gasteiger charge is 2.26. The molecular formula is C20H26N4O4S. The summed E-state index contributed by atoms with van der Waals surface area (Å²) in [7, 11) is -1.81. The van der Waals surface area contributed by atoms with Gasteiger partial charge in [0.15, 0.2) is 0 Å². The van der Waals surface area contributed by atoms with Crippen molar-refractivity contribution in [3.8, 4) is 5.75 Å². The van der Waals surface area contributed by atoms with Crippen molar-refractivity contribution in [3.63, 3.8) is 0 Å². The highest BCUT2D eigenvalue weighted by molar-refractivity contribution is 7.89. The van der Waals surface area contributed by atoms with Crippen LogP contribution in [-0.4, -0.2) is 69.2 Å². The highest BCUT2D eigenvalue weighted by Crippen LogP contribution is 2.15. The van der Waals surface area contributed by atoms with Crippen LogP contribution in [-0.2, 0) is 10.0 Å². The van der Waals surface area contributed by atoms with Crippen LogP contribution in [0.1, 0.15) is 16.8 Å². The fraction of sp³-hybridized carbons (Fsp3) is 0.400. The number of nitrogens with zero attached hydrogens (tertiary/aromatic N) is 3. The molecule has 0 atom stereocenters. The minimum Gasteiger partial charge on any atom is -0.497 e. The van der Waals surface area contributed by atoms with Crippen LogP contribution in [0.3, 0.4) is 0 Å². The number of anilines is 1. The number of pyridine rings is 1. The fourth-order valence-electron chi connectivity index (χ4n) is 3.19. The standard InChI is InChI=1S/C20H26N4O4S/c1-28-18-7-4-6-17(16-18)20(25)22-10-5-15-29(26,27)24-13-11-23(12-14-24)19-8-2-3-9-21-19/h2-4,6-9,16H,5,10-15H2,1H3,(H,22,25). The molecule has 0 radical (unpaired) electrons. The Morgan fingerprint density at radius 3 is 2.62 bits per heavy atom. The Balaban J connectivity index is 1.43. The van der Waals surface area contributed by atoms with E-state index >= 15 is 0 Å². The third kappa shape index (κ3) is 5.68. The molecule has 1 fully saturated rings. The van der Waals surface area contributed by atoms with Crippen LogP contribution < -0.4 is 15.0 Å². The minimum atomic E-state index is -3.35. The van der Waals surface area contributed by atoms with Crippen LogP contribution in [0.2, 0.25) is 0 Å². The molecule has 1 aromatic carbocycles. The topological polar surface area (TPSA) is 91.8 Å². The zero-order chi connectivity index (χ0) is 20.7. The van der Waals surface area contributed by atoms with Crippen LogP contribution in [0, 0.1) is 0 Å². The van der Waals surface area contributed by atoms with Crippen molar-refractivity contribution in [2.24, 2.45) is 0 Å². The van der Waals surface area contributed by atoms with Crippen LogP contribution >= 0.6 is 0 Å². The number of methoxy groups -OCH3 is 1. The van der Waals surface area contributed by atoms with Gasteiger partial charge in [0, 0.05) is 44.5 Å². The van der Waals surface area contributed by atoms with Crippen molar-refractivity contribution >= 4 is 21.7 Å². The molecular weight excluding hydrogens is 392 g/mol. The zero-order valence-corrected chi connectivity index (χ0v) is 17.3. The summed E-state index contributed by atoms with van der Waals surface area (Å²) in [6, 6.07) is 12.5. The summed E-state index contributed by atoms with van der Waals surface area (Å²) >= 11 is 0. The second-order valence-electron chi connectivity index (χ2n) is 6.73. The number of piperazine rings is 1. The van der Waals surface area contributed by atoms with E-state index in [9.17, 15) is 13.2 Å². The molecule has 1 amide bonds. The van der Waals surface area contributed by atoms with E-state index in [1.54, 1.807) is 30.5 Å². The Kier molecular flexibility index (Phi) is 7.05. The fourth-order valence-corrected chi connectivity index (χ4v) is 4.68. The molecule has 0 unspecified atom stereocenters. The van der Waals surface area contributed by atoms with Gasteiger partial charge in [0.25, 0.3) is 5.91 Å². The Morgan fingerprint density at radius 1 is 1.14 bits per heavy atom. The molecule has 3 rings (SSSR count). The number of amides is 1. The molecule has 156 valence electrons. The lowest BCUT2D eigenvalue weighted by Gasteiger charge is -2.34. The molecule has 1 aliphatic heterocycles. The Bertz CT molecular complexity index is 913. The second-order valence-corrected chi connectivity index (χ2v) is 8.82. The maximum Gasteiger partial charge on any atom is 0.251 e. The molecule has 1 aliphatic rings. The predicted octanol–water partition coefficient (Wildman–Crippen LogP) is 1.36. The molecule has 1 saturated heterocycles. The van der Waals surface area contributed by atoms with E-state index < -0.39 is 10.0 Å². The van der Waals surface area contributed by atoms with Gasteiger partial charge >= 0.3 is 0 Å². The normalized spacial score (nSPS) is 15.1. The number of carbonyl (C=O) groups is 1. The lowest BCUT2D eigenvalue weighted by Crippen LogP contribution is -2.49. The average Bonchev–Trinajstić information content (AvgIpc) is 2.77. The van der Waals surface area contributed by atoms with E-state index in [0.717, 1.165) is 5.82 Å². The predicted molar refractivity (Wildman–Crippen MR) is 112 cm³/mol. The smallest absolute Gasteiger partial charge is 0.251 e. The Hall–Kier alpha value is -2.65. The Labute approximate surface area is 171 Å². The largest absolute Gasteiger partial charge is 0.497 e. The number of carbonyl (C=O) groups excluding carboxylic acids is 1. The number of nitrogens with one attached hydrogen (secondary N) is 1. The molecule has 0 saturated carbocycles. The Morgan fingerprint density at radius 2 is 1.93 bits per heavy atom. The summed E-state index contributed by atoms with van der Waals surface area (Å²) in [5, 5.41) is 2.76. The van der Waals surface area contributed by atoms with E-state index in [0.29, 0.717) is 50.5 Å². The summed E-state index contributed by atoms with van der Waals surface area (Å²) in [5.74, 6) is 1.23. The third-order valence-corrected chi connectivity index (χ3v) is 6.76. The average molecular weight is 419 g/mol. The summed E-state index contributed by atoms with van der Waals surface area (Å²) in [6.45, 7) is 2.40. The number of sulfonamides is 1. The lowest BCUT2D eigenvalue weighted by atomic mass is 10.2. The van der Waals surface area contributed by atoms with Gasteiger partial charge in [0.05, 0.1) is 12.9 Å². The van der Waals surface area contributed by atoms with Gasteiger partial charge in [-0.3, -0.25) is 4.79 Å². The minimum absolute atomic E-state index is 0.00891. The summed E-state index contributed by atoms with van der Waals surface area (Å²) in [5.41, 5.74) is 0.484. The van der Waals surface area contributed by atoms with Gasteiger partial charge in [0.1, 0.15) is 11.6 Å². The van der Waals surface area contributed by atoms with E-state index in [4.69, 9.17) is 4.74 Å². The molecule has 2 aromatic rings. The van der Waals surface area contributed by atoms with Gasteiger partial charge in [-0.2, -0.15) is 4.31 Å². The van der Waals surface area contributed by atoms with E-state index in [1.165, 1.54) is 11.4 Å². The number of hydrogen-bond donors (Lipinski definition) is 1. The maximum absolute atomic E-state index is 12.6. The SMILES string of the molecule is COc1cccc(C(=O)NCCCS(=O)(=O)N2CCN(c3ccccn3)CC2)c1. The van der Waals surface area contributed by atoms with Crippen molar-refractivity contribution < 1.29 is 17.9 Å². The van der Waals surface area contributed by atoms with Crippen molar-refractivity contribution in [1.82, 2.24) is 14.6 Å². The molecule has 8 nitrogen and oxygen atoms in total. The van der Waals surface area contributed by atoms with E-state index in [-0.39, 0.29) is 11.7 Å². The third-order valence-electron chi connectivity index (χ3n) is 4.80.